The number of halogens is 1. The van der Waals surface area contributed by atoms with E-state index in [-0.39, 0.29) is 31.5 Å². The zero-order valence-corrected chi connectivity index (χ0v) is 16.3. The molecule has 0 radical (unpaired) electrons. The molecule has 29 heavy (non-hydrogen) atoms. The number of para-hydroxylation sites is 2. The average molecular weight is 413 g/mol. The van der Waals surface area contributed by atoms with Crippen LogP contribution in [0.2, 0.25) is 0 Å². The minimum absolute atomic E-state index is 0. The number of benzene rings is 2. The summed E-state index contributed by atoms with van der Waals surface area (Å²) in [6.07, 6.45) is 3.97. The Labute approximate surface area is 174 Å². The van der Waals surface area contributed by atoms with E-state index in [2.05, 4.69) is 10.3 Å². The van der Waals surface area contributed by atoms with Crippen molar-refractivity contribution in [2.24, 2.45) is 0 Å². The lowest BCUT2D eigenvalue weighted by atomic mass is 10.1. The van der Waals surface area contributed by atoms with Crippen LogP contribution in [0.1, 0.15) is 21.5 Å². The van der Waals surface area contributed by atoms with E-state index in [4.69, 9.17) is 10.6 Å². The fraction of sp³-hybridized carbons (Fsp3) is 0.0952. The second-order valence-corrected chi connectivity index (χ2v) is 6.05. The van der Waals surface area contributed by atoms with Gasteiger partial charge in [-0.25, -0.2) is 5.06 Å². The number of nitrogens with two attached hydrogens (primary N) is 1. The molecule has 0 saturated heterocycles. The Bertz CT molecular complexity index is 936. The van der Waals surface area contributed by atoms with Gasteiger partial charge in [0, 0.05) is 18.0 Å². The molecule has 1 aromatic heterocycles. The van der Waals surface area contributed by atoms with Crippen LogP contribution in [0.4, 0.5) is 11.4 Å². The highest BCUT2D eigenvalue weighted by molar-refractivity contribution is 6.05. The summed E-state index contributed by atoms with van der Waals surface area (Å²) in [5, 5.41) is 3.98. The average Bonchev–Trinajstić information content (AvgIpc) is 2.74. The van der Waals surface area contributed by atoms with Gasteiger partial charge in [-0.05, 0) is 41.5 Å². The predicted molar refractivity (Wildman–Crippen MR) is 113 cm³/mol. The SMILES string of the molecule is Cl.Nc1ccccc1NC(=O)c1ccc(CN(C=O)OCc2cccnc2)cc1. The monoisotopic (exact) mass is 412 g/mol. The lowest BCUT2D eigenvalue weighted by Crippen LogP contribution is -2.22. The summed E-state index contributed by atoms with van der Waals surface area (Å²) in [4.78, 5) is 33.1. The van der Waals surface area contributed by atoms with Crippen molar-refractivity contribution in [3.8, 4) is 0 Å². The smallest absolute Gasteiger partial charge is 0.255 e. The summed E-state index contributed by atoms with van der Waals surface area (Å²) in [5.41, 5.74) is 9.08. The largest absolute Gasteiger partial charge is 0.397 e. The fourth-order valence-corrected chi connectivity index (χ4v) is 2.50. The van der Waals surface area contributed by atoms with Gasteiger partial charge in [0.05, 0.1) is 17.9 Å². The number of pyridine rings is 1. The second kappa shape index (κ2) is 10.8. The van der Waals surface area contributed by atoms with Gasteiger partial charge in [0.1, 0.15) is 6.61 Å². The van der Waals surface area contributed by atoms with E-state index in [0.29, 0.717) is 23.3 Å². The number of anilines is 2. The van der Waals surface area contributed by atoms with Crippen LogP contribution in [0, 0.1) is 0 Å². The molecule has 0 aliphatic rings. The predicted octanol–water partition coefficient (Wildman–Crippen LogP) is 3.43. The van der Waals surface area contributed by atoms with Crippen molar-refractivity contribution < 1.29 is 14.4 Å². The third-order valence-electron chi connectivity index (χ3n) is 4.00. The molecule has 0 aliphatic carbocycles. The first-order valence-corrected chi connectivity index (χ1v) is 8.64. The lowest BCUT2D eigenvalue weighted by molar-refractivity contribution is -0.181. The highest BCUT2D eigenvalue weighted by Crippen LogP contribution is 2.18. The zero-order valence-electron chi connectivity index (χ0n) is 15.5. The first-order chi connectivity index (χ1) is 13.7. The molecule has 2 aromatic carbocycles. The second-order valence-electron chi connectivity index (χ2n) is 6.05. The Morgan fingerprint density at radius 2 is 1.83 bits per heavy atom. The molecule has 0 atom stereocenters. The maximum atomic E-state index is 12.4. The number of carbonyl (C=O) groups is 2. The molecule has 3 N–H and O–H groups in total. The standard InChI is InChI=1S/C21H20N4O3.ClH/c22-19-5-1-2-6-20(19)24-21(27)18-9-7-16(8-10-18)13-25(15-26)28-14-17-4-3-11-23-12-17;/h1-12,15H,13-14,22H2,(H,24,27);1H. The Kier molecular flexibility index (Phi) is 8.14. The van der Waals surface area contributed by atoms with E-state index in [9.17, 15) is 9.59 Å². The maximum absolute atomic E-state index is 12.4. The van der Waals surface area contributed by atoms with Gasteiger partial charge < -0.3 is 11.1 Å². The van der Waals surface area contributed by atoms with Crippen molar-refractivity contribution >= 4 is 36.1 Å². The number of hydroxylamine groups is 2. The van der Waals surface area contributed by atoms with Crippen molar-refractivity contribution in [3.05, 3.63) is 89.7 Å². The van der Waals surface area contributed by atoms with Gasteiger partial charge in [-0.2, -0.15) is 0 Å². The summed E-state index contributed by atoms with van der Waals surface area (Å²) in [6, 6.07) is 17.6. The Balaban J connectivity index is 0.00000300. The molecule has 150 valence electrons. The van der Waals surface area contributed by atoms with Gasteiger partial charge in [-0.3, -0.25) is 19.4 Å². The molecular weight excluding hydrogens is 392 g/mol. The third kappa shape index (κ3) is 6.31. The molecule has 3 rings (SSSR count). The van der Waals surface area contributed by atoms with E-state index >= 15 is 0 Å². The number of nitrogen functional groups attached to an aromatic ring is 1. The highest BCUT2D eigenvalue weighted by atomic mass is 35.5. The molecule has 2 amide bonds. The Morgan fingerprint density at radius 1 is 1.07 bits per heavy atom. The van der Waals surface area contributed by atoms with Crippen molar-refractivity contribution in [1.82, 2.24) is 10.0 Å². The van der Waals surface area contributed by atoms with Crippen LogP contribution in [-0.4, -0.2) is 22.4 Å². The molecule has 0 spiro atoms. The van der Waals surface area contributed by atoms with Crippen LogP contribution in [0.5, 0.6) is 0 Å². The van der Waals surface area contributed by atoms with Gasteiger partial charge in [-0.15, -0.1) is 12.4 Å². The number of aromatic nitrogens is 1. The number of nitrogens with zero attached hydrogens (tertiary/aromatic N) is 2. The first-order valence-electron chi connectivity index (χ1n) is 8.64. The van der Waals surface area contributed by atoms with Crippen molar-refractivity contribution in [2.45, 2.75) is 13.2 Å². The van der Waals surface area contributed by atoms with Crippen molar-refractivity contribution in [3.63, 3.8) is 0 Å². The van der Waals surface area contributed by atoms with E-state index in [0.717, 1.165) is 11.1 Å². The summed E-state index contributed by atoms with van der Waals surface area (Å²) >= 11 is 0. The third-order valence-corrected chi connectivity index (χ3v) is 4.00. The summed E-state index contributed by atoms with van der Waals surface area (Å²) in [5.74, 6) is -0.260. The van der Waals surface area contributed by atoms with Crippen molar-refractivity contribution in [2.75, 3.05) is 11.1 Å². The van der Waals surface area contributed by atoms with Gasteiger partial charge in [0.15, 0.2) is 0 Å². The number of nitrogens with one attached hydrogen (secondary N) is 1. The van der Waals surface area contributed by atoms with Gasteiger partial charge >= 0.3 is 0 Å². The van der Waals surface area contributed by atoms with Gasteiger partial charge in [-0.1, -0.05) is 30.3 Å². The Hall–Kier alpha value is -3.42. The topological polar surface area (TPSA) is 97.6 Å². The molecule has 0 unspecified atom stereocenters. The highest BCUT2D eigenvalue weighted by Gasteiger charge is 2.09. The molecule has 1 heterocycles. The number of hydrogen-bond donors (Lipinski definition) is 2. The number of carbonyl (C=O) groups excluding carboxylic acids is 2. The molecule has 3 aromatic rings. The van der Waals surface area contributed by atoms with Crippen molar-refractivity contribution in [1.29, 1.82) is 0 Å². The zero-order chi connectivity index (χ0) is 19.8. The van der Waals surface area contributed by atoms with E-state index < -0.39 is 0 Å². The van der Waals surface area contributed by atoms with Crippen LogP contribution in [0.3, 0.4) is 0 Å². The molecule has 7 nitrogen and oxygen atoms in total. The Morgan fingerprint density at radius 3 is 2.48 bits per heavy atom. The summed E-state index contributed by atoms with van der Waals surface area (Å²) in [6.45, 7) is 0.503. The van der Waals surface area contributed by atoms with E-state index in [1.54, 1.807) is 67.0 Å². The van der Waals surface area contributed by atoms with E-state index in [1.807, 2.05) is 6.07 Å². The van der Waals surface area contributed by atoms with Crippen LogP contribution >= 0.6 is 12.4 Å². The van der Waals surface area contributed by atoms with Crippen LogP contribution in [0.25, 0.3) is 0 Å². The molecule has 0 bridgehead atoms. The molecule has 0 aliphatic heterocycles. The summed E-state index contributed by atoms with van der Waals surface area (Å²) < 4.78 is 0. The molecular formula is C21H21ClN4O3. The number of hydrogen-bond acceptors (Lipinski definition) is 5. The quantitative estimate of drug-likeness (QED) is 0.335. The minimum atomic E-state index is -0.260. The van der Waals surface area contributed by atoms with Gasteiger partial charge in [0.2, 0.25) is 6.41 Å². The number of rotatable bonds is 8. The van der Waals surface area contributed by atoms with Gasteiger partial charge in [0.25, 0.3) is 5.91 Å². The maximum Gasteiger partial charge on any atom is 0.255 e. The van der Waals surface area contributed by atoms with Crippen LogP contribution in [0.15, 0.2) is 73.1 Å². The number of amides is 2. The molecule has 8 heteroatoms. The fourth-order valence-electron chi connectivity index (χ4n) is 2.50. The minimum Gasteiger partial charge on any atom is -0.397 e. The van der Waals surface area contributed by atoms with Crippen LogP contribution < -0.4 is 11.1 Å². The molecule has 0 saturated carbocycles. The molecule has 0 fully saturated rings. The lowest BCUT2D eigenvalue weighted by Gasteiger charge is -2.17. The normalized spacial score (nSPS) is 9.93. The van der Waals surface area contributed by atoms with E-state index in [1.165, 1.54) is 5.06 Å². The first kappa shape index (κ1) is 21.9. The van der Waals surface area contributed by atoms with Crippen LogP contribution in [-0.2, 0) is 22.8 Å². The summed E-state index contributed by atoms with van der Waals surface area (Å²) in [7, 11) is 0.